The Kier molecular flexibility index (Phi) is 4.64. The van der Waals surface area contributed by atoms with Gasteiger partial charge >= 0.3 is 0 Å². The molecule has 1 atom stereocenters. The number of hydrogen-bond acceptors (Lipinski definition) is 2. The minimum atomic E-state index is -0.623. The second-order valence-electron chi connectivity index (χ2n) is 3.85. The predicted molar refractivity (Wildman–Crippen MR) is 83.9 cm³/mol. The Morgan fingerprint density at radius 1 is 1.17 bits per heavy atom. The summed E-state index contributed by atoms with van der Waals surface area (Å²) >= 11 is 5.66. The maximum atomic E-state index is 10.3. The van der Waals surface area contributed by atoms with Crippen molar-refractivity contribution in [2.24, 2.45) is 0 Å². The second-order valence-corrected chi connectivity index (χ2v) is 5.95. The topological polar surface area (TPSA) is 29.5 Å². The summed E-state index contributed by atoms with van der Waals surface area (Å²) in [6, 6.07) is 13.4. The second kappa shape index (κ2) is 6.04. The number of hydrogen-bond donors (Lipinski definition) is 1. The number of halogens is 2. The molecule has 4 heteroatoms. The summed E-state index contributed by atoms with van der Waals surface area (Å²) in [6.07, 6.45) is -0.623. The molecule has 1 unspecified atom stereocenters. The number of ether oxygens (including phenoxy) is 1. The van der Waals surface area contributed by atoms with Gasteiger partial charge in [-0.25, -0.2) is 0 Å². The Balaban J connectivity index is 2.34. The zero-order valence-electron chi connectivity index (χ0n) is 9.73. The zero-order chi connectivity index (χ0) is 13.1. The highest BCUT2D eigenvalue weighted by molar-refractivity contribution is 14.1. The molecule has 0 aliphatic carbocycles. The summed E-state index contributed by atoms with van der Waals surface area (Å²) in [5.74, 6) is 0.758. The van der Waals surface area contributed by atoms with Crippen LogP contribution < -0.4 is 4.74 Å². The van der Waals surface area contributed by atoms with Crippen LogP contribution in [0.5, 0.6) is 5.75 Å². The molecule has 1 N–H and O–H groups in total. The Labute approximate surface area is 128 Å². The standard InChI is InChI=1S/C14H12BrIO2/c1-18-13-6-5-10(8-12(13)15)14(17)9-3-2-4-11(16)7-9/h2-8,14,17H,1H3. The van der Waals surface area contributed by atoms with Gasteiger partial charge in [0.2, 0.25) is 0 Å². The van der Waals surface area contributed by atoms with E-state index in [9.17, 15) is 5.11 Å². The Bertz CT molecular complexity index is 557. The van der Waals surface area contributed by atoms with Crippen LogP contribution in [0.2, 0.25) is 0 Å². The van der Waals surface area contributed by atoms with Gasteiger partial charge in [-0.3, -0.25) is 0 Å². The van der Waals surface area contributed by atoms with Crippen LogP contribution in [0.1, 0.15) is 17.2 Å². The molecule has 2 rings (SSSR count). The molecule has 0 saturated carbocycles. The van der Waals surface area contributed by atoms with E-state index in [4.69, 9.17) is 4.74 Å². The van der Waals surface area contributed by atoms with Gasteiger partial charge in [-0.1, -0.05) is 18.2 Å². The van der Waals surface area contributed by atoms with Crippen LogP contribution in [0.4, 0.5) is 0 Å². The van der Waals surface area contributed by atoms with Crippen LogP contribution in [0.15, 0.2) is 46.9 Å². The van der Waals surface area contributed by atoms with Gasteiger partial charge in [-0.2, -0.15) is 0 Å². The quantitative estimate of drug-likeness (QED) is 0.759. The van der Waals surface area contributed by atoms with Crippen LogP contribution >= 0.6 is 38.5 Å². The van der Waals surface area contributed by atoms with E-state index >= 15 is 0 Å². The smallest absolute Gasteiger partial charge is 0.133 e. The molecule has 18 heavy (non-hydrogen) atoms. The summed E-state index contributed by atoms with van der Waals surface area (Å²) in [4.78, 5) is 0. The molecule has 0 aliphatic heterocycles. The Morgan fingerprint density at radius 2 is 1.89 bits per heavy atom. The minimum absolute atomic E-state index is 0.623. The highest BCUT2D eigenvalue weighted by Crippen LogP contribution is 2.30. The number of aliphatic hydroxyl groups is 1. The molecular weight excluding hydrogens is 407 g/mol. The molecule has 94 valence electrons. The molecule has 0 aliphatic rings. The van der Waals surface area contributed by atoms with E-state index < -0.39 is 6.10 Å². The minimum Gasteiger partial charge on any atom is -0.496 e. The highest BCUT2D eigenvalue weighted by atomic mass is 127. The van der Waals surface area contributed by atoms with E-state index in [1.807, 2.05) is 42.5 Å². The van der Waals surface area contributed by atoms with E-state index in [-0.39, 0.29) is 0 Å². The summed E-state index contributed by atoms with van der Waals surface area (Å²) in [5.41, 5.74) is 1.73. The molecule has 2 aromatic carbocycles. The maximum Gasteiger partial charge on any atom is 0.133 e. The molecule has 0 aromatic heterocycles. The van der Waals surface area contributed by atoms with E-state index in [1.54, 1.807) is 7.11 Å². The van der Waals surface area contributed by atoms with Crippen LogP contribution in [-0.4, -0.2) is 12.2 Å². The van der Waals surface area contributed by atoms with E-state index in [0.29, 0.717) is 0 Å². The van der Waals surface area contributed by atoms with Crippen molar-refractivity contribution in [1.29, 1.82) is 0 Å². The third-order valence-corrected chi connectivity index (χ3v) is 3.95. The van der Waals surface area contributed by atoms with Crippen LogP contribution in [-0.2, 0) is 0 Å². The molecule has 0 spiro atoms. The average molecular weight is 419 g/mol. The lowest BCUT2D eigenvalue weighted by molar-refractivity contribution is 0.220. The van der Waals surface area contributed by atoms with Crippen LogP contribution in [0.25, 0.3) is 0 Å². The third-order valence-electron chi connectivity index (χ3n) is 2.66. The van der Waals surface area contributed by atoms with Crippen molar-refractivity contribution in [1.82, 2.24) is 0 Å². The lowest BCUT2D eigenvalue weighted by Gasteiger charge is -2.13. The van der Waals surface area contributed by atoms with Gasteiger partial charge in [0.1, 0.15) is 11.9 Å². The SMILES string of the molecule is COc1ccc(C(O)c2cccc(I)c2)cc1Br. The summed E-state index contributed by atoms with van der Waals surface area (Å²) in [5, 5.41) is 10.3. The van der Waals surface area contributed by atoms with Crippen molar-refractivity contribution in [3.05, 3.63) is 61.6 Å². The molecule has 0 heterocycles. The normalized spacial score (nSPS) is 12.2. The fourth-order valence-corrected chi connectivity index (χ4v) is 2.85. The van der Waals surface area contributed by atoms with Crippen molar-refractivity contribution in [2.45, 2.75) is 6.10 Å². The molecule has 0 radical (unpaired) electrons. The van der Waals surface area contributed by atoms with Gasteiger partial charge in [-0.15, -0.1) is 0 Å². The van der Waals surface area contributed by atoms with Crippen molar-refractivity contribution < 1.29 is 9.84 Å². The van der Waals surface area contributed by atoms with Crippen LogP contribution in [0, 0.1) is 3.57 Å². The summed E-state index contributed by atoms with van der Waals surface area (Å²) in [6.45, 7) is 0. The van der Waals surface area contributed by atoms with Gasteiger partial charge < -0.3 is 9.84 Å². The lowest BCUT2D eigenvalue weighted by Crippen LogP contribution is -2.00. The molecule has 2 nitrogen and oxygen atoms in total. The molecule has 0 fully saturated rings. The first kappa shape index (κ1) is 13.8. The first-order valence-electron chi connectivity index (χ1n) is 5.39. The Hall–Kier alpha value is -0.590. The number of aliphatic hydroxyl groups excluding tert-OH is 1. The number of rotatable bonds is 3. The zero-order valence-corrected chi connectivity index (χ0v) is 13.5. The summed E-state index contributed by atoms with van der Waals surface area (Å²) in [7, 11) is 1.62. The van der Waals surface area contributed by atoms with Gasteiger partial charge in [0, 0.05) is 3.57 Å². The molecule has 0 amide bonds. The van der Waals surface area contributed by atoms with Crippen molar-refractivity contribution >= 4 is 38.5 Å². The van der Waals surface area contributed by atoms with Gasteiger partial charge in [0.25, 0.3) is 0 Å². The van der Waals surface area contributed by atoms with Crippen LogP contribution in [0.3, 0.4) is 0 Å². The highest BCUT2D eigenvalue weighted by Gasteiger charge is 2.12. The predicted octanol–water partition coefficient (Wildman–Crippen LogP) is 4.14. The monoisotopic (exact) mass is 418 g/mol. The first-order valence-corrected chi connectivity index (χ1v) is 7.26. The van der Waals surface area contributed by atoms with E-state index in [0.717, 1.165) is 24.9 Å². The molecule has 0 saturated heterocycles. The van der Waals surface area contributed by atoms with Crippen molar-refractivity contribution in [2.75, 3.05) is 7.11 Å². The third kappa shape index (κ3) is 3.05. The average Bonchev–Trinajstić information content (AvgIpc) is 2.37. The van der Waals surface area contributed by atoms with E-state index in [2.05, 4.69) is 38.5 Å². The van der Waals surface area contributed by atoms with Gasteiger partial charge in [0.05, 0.1) is 11.6 Å². The molecule has 2 aromatic rings. The number of benzene rings is 2. The lowest BCUT2D eigenvalue weighted by atomic mass is 10.0. The van der Waals surface area contributed by atoms with Gasteiger partial charge in [0.15, 0.2) is 0 Å². The first-order chi connectivity index (χ1) is 8.61. The van der Waals surface area contributed by atoms with Crippen molar-refractivity contribution in [3.8, 4) is 5.75 Å². The maximum absolute atomic E-state index is 10.3. The molecular formula is C14H12BrIO2. The largest absolute Gasteiger partial charge is 0.496 e. The van der Waals surface area contributed by atoms with E-state index in [1.165, 1.54) is 0 Å². The van der Waals surface area contributed by atoms with Gasteiger partial charge in [-0.05, 0) is 73.9 Å². The van der Waals surface area contributed by atoms with Crippen molar-refractivity contribution in [3.63, 3.8) is 0 Å². The fraction of sp³-hybridized carbons (Fsp3) is 0.143. The number of methoxy groups -OCH3 is 1. The fourth-order valence-electron chi connectivity index (χ4n) is 1.72. The Morgan fingerprint density at radius 3 is 2.50 bits per heavy atom. The summed E-state index contributed by atoms with van der Waals surface area (Å²) < 4.78 is 7.12. The molecule has 0 bridgehead atoms.